The predicted octanol–water partition coefficient (Wildman–Crippen LogP) is 3.16. The van der Waals surface area contributed by atoms with E-state index in [1.54, 1.807) is 6.20 Å². The fourth-order valence-electron chi connectivity index (χ4n) is 1.87. The molecule has 0 atom stereocenters. The Bertz CT molecular complexity index is 660. The Morgan fingerprint density at radius 2 is 2.00 bits per heavy atom. The number of halogens is 1. The zero-order valence-electron chi connectivity index (χ0n) is 9.05. The van der Waals surface area contributed by atoms with E-state index in [1.165, 1.54) is 0 Å². The first-order chi connectivity index (χ1) is 8.40. The molecule has 0 amide bonds. The van der Waals surface area contributed by atoms with Gasteiger partial charge in [0.25, 0.3) is 0 Å². The molecule has 84 valence electrons. The summed E-state index contributed by atoms with van der Waals surface area (Å²) in [5.74, 6) is 1.22. The van der Waals surface area contributed by atoms with Crippen molar-refractivity contribution in [3.05, 3.63) is 54.4 Å². The van der Waals surface area contributed by atoms with Crippen LogP contribution >= 0.6 is 11.6 Å². The summed E-state index contributed by atoms with van der Waals surface area (Å²) in [7, 11) is 0. The maximum atomic E-state index is 5.92. The highest BCUT2D eigenvalue weighted by atomic mass is 35.5. The molecule has 0 spiro atoms. The highest BCUT2D eigenvalue weighted by Crippen LogP contribution is 2.19. The molecule has 2 heterocycles. The lowest BCUT2D eigenvalue weighted by molar-refractivity contribution is 0.862. The van der Waals surface area contributed by atoms with Crippen molar-refractivity contribution >= 4 is 22.5 Å². The van der Waals surface area contributed by atoms with Crippen molar-refractivity contribution in [2.24, 2.45) is 0 Å². The van der Waals surface area contributed by atoms with Crippen LogP contribution in [0.15, 0.2) is 48.8 Å². The molecular weight excluding hydrogens is 234 g/mol. The second kappa shape index (κ2) is 4.18. The van der Waals surface area contributed by atoms with Crippen LogP contribution in [0.5, 0.6) is 0 Å². The van der Waals surface area contributed by atoms with Crippen LogP contribution in [0.1, 0.15) is 5.56 Å². The summed E-state index contributed by atoms with van der Waals surface area (Å²) >= 11 is 5.92. The molecule has 0 aliphatic rings. The molecule has 17 heavy (non-hydrogen) atoms. The molecule has 0 aliphatic heterocycles. The maximum absolute atomic E-state index is 5.92. The Balaban J connectivity index is 2.27. The number of hydrogen-bond acceptors (Lipinski definition) is 2. The summed E-state index contributed by atoms with van der Waals surface area (Å²) in [6.45, 7) is 0. The number of para-hydroxylation sites is 1. The van der Waals surface area contributed by atoms with Crippen molar-refractivity contribution in [2.45, 2.75) is 5.88 Å². The number of hydrogen-bond donors (Lipinski definition) is 0. The minimum Gasteiger partial charge on any atom is -0.237 e. The SMILES string of the molecule is ClCc1cccnc1-n1ncc2ccccc21. The van der Waals surface area contributed by atoms with E-state index in [2.05, 4.69) is 10.1 Å². The third kappa shape index (κ3) is 1.68. The molecule has 3 rings (SSSR count). The first-order valence-electron chi connectivity index (χ1n) is 5.33. The van der Waals surface area contributed by atoms with E-state index < -0.39 is 0 Å². The monoisotopic (exact) mass is 243 g/mol. The number of fused-ring (bicyclic) bond motifs is 1. The normalized spacial score (nSPS) is 10.9. The first-order valence-corrected chi connectivity index (χ1v) is 5.86. The van der Waals surface area contributed by atoms with Crippen LogP contribution in [-0.4, -0.2) is 14.8 Å². The molecule has 3 aromatic rings. The average Bonchev–Trinajstić information content (AvgIpc) is 2.82. The quantitative estimate of drug-likeness (QED) is 0.648. The van der Waals surface area contributed by atoms with E-state index in [0.717, 1.165) is 22.3 Å². The average molecular weight is 244 g/mol. The van der Waals surface area contributed by atoms with Gasteiger partial charge < -0.3 is 0 Å². The number of benzene rings is 1. The van der Waals surface area contributed by atoms with Crippen molar-refractivity contribution in [2.75, 3.05) is 0 Å². The minimum absolute atomic E-state index is 0.428. The standard InChI is InChI=1S/C13H10ClN3/c14-8-10-5-3-7-15-13(10)17-12-6-2-1-4-11(12)9-16-17/h1-7,9H,8H2. The number of nitrogens with zero attached hydrogens (tertiary/aromatic N) is 3. The first kappa shape index (κ1) is 10.3. The zero-order chi connectivity index (χ0) is 11.7. The molecule has 0 aliphatic carbocycles. The van der Waals surface area contributed by atoms with E-state index in [-0.39, 0.29) is 0 Å². The van der Waals surface area contributed by atoms with Gasteiger partial charge in [0.05, 0.1) is 17.6 Å². The van der Waals surface area contributed by atoms with Gasteiger partial charge in [0.2, 0.25) is 0 Å². The van der Waals surface area contributed by atoms with Crippen LogP contribution in [0.4, 0.5) is 0 Å². The van der Waals surface area contributed by atoms with Crippen molar-refractivity contribution in [1.82, 2.24) is 14.8 Å². The second-order valence-electron chi connectivity index (χ2n) is 3.73. The Labute approximate surface area is 104 Å². The molecule has 0 fully saturated rings. The number of rotatable bonds is 2. The molecule has 4 heteroatoms. The number of aromatic nitrogens is 3. The van der Waals surface area contributed by atoms with Gasteiger partial charge in [-0.2, -0.15) is 5.10 Å². The third-order valence-electron chi connectivity index (χ3n) is 2.69. The van der Waals surface area contributed by atoms with Gasteiger partial charge in [0.15, 0.2) is 5.82 Å². The van der Waals surface area contributed by atoms with E-state index in [4.69, 9.17) is 11.6 Å². The molecule has 0 N–H and O–H groups in total. The van der Waals surface area contributed by atoms with Crippen LogP contribution < -0.4 is 0 Å². The van der Waals surface area contributed by atoms with E-state index in [0.29, 0.717) is 5.88 Å². The van der Waals surface area contributed by atoms with E-state index in [9.17, 15) is 0 Å². The molecule has 0 bridgehead atoms. The van der Waals surface area contributed by atoms with Crippen molar-refractivity contribution in [1.29, 1.82) is 0 Å². The molecule has 3 nitrogen and oxygen atoms in total. The summed E-state index contributed by atoms with van der Waals surface area (Å²) in [5, 5.41) is 5.47. The van der Waals surface area contributed by atoms with Crippen molar-refractivity contribution in [3.8, 4) is 5.82 Å². The molecule has 0 radical (unpaired) electrons. The molecule has 2 aromatic heterocycles. The van der Waals surface area contributed by atoms with Crippen LogP contribution in [0, 0.1) is 0 Å². The summed E-state index contributed by atoms with van der Waals surface area (Å²) in [5.41, 5.74) is 2.01. The summed E-state index contributed by atoms with van der Waals surface area (Å²) in [6.07, 6.45) is 3.59. The van der Waals surface area contributed by atoms with Crippen LogP contribution in [-0.2, 0) is 5.88 Å². The maximum Gasteiger partial charge on any atom is 0.158 e. The van der Waals surface area contributed by atoms with Gasteiger partial charge in [0, 0.05) is 17.1 Å². The highest BCUT2D eigenvalue weighted by molar-refractivity contribution is 6.17. The van der Waals surface area contributed by atoms with E-state index >= 15 is 0 Å². The smallest absolute Gasteiger partial charge is 0.158 e. The lowest BCUT2D eigenvalue weighted by atomic mass is 10.2. The van der Waals surface area contributed by atoms with Gasteiger partial charge in [-0.25, -0.2) is 9.67 Å². The summed E-state index contributed by atoms with van der Waals surface area (Å²) < 4.78 is 1.83. The van der Waals surface area contributed by atoms with Crippen molar-refractivity contribution in [3.63, 3.8) is 0 Å². The minimum atomic E-state index is 0.428. The van der Waals surface area contributed by atoms with Gasteiger partial charge in [-0.05, 0) is 12.1 Å². The Kier molecular flexibility index (Phi) is 2.53. The number of alkyl halides is 1. The fourth-order valence-corrected chi connectivity index (χ4v) is 2.07. The molecule has 0 unspecified atom stereocenters. The van der Waals surface area contributed by atoms with Gasteiger partial charge in [-0.3, -0.25) is 0 Å². The van der Waals surface area contributed by atoms with Gasteiger partial charge in [-0.15, -0.1) is 11.6 Å². The topological polar surface area (TPSA) is 30.7 Å². The zero-order valence-corrected chi connectivity index (χ0v) is 9.80. The molecular formula is C13H10ClN3. The van der Waals surface area contributed by atoms with Crippen LogP contribution in [0.2, 0.25) is 0 Å². The lowest BCUT2D eigenvalue weighted by Gasteiger charge is -2.06. The summed E-state index contributed by atoms with van der Waals surface area (Å²) in [6, 6.07) is 11.9. The lowest BCUT2D eigenvalue weighted by Crippen LogP contribution is -2.02. The molecule has 1 aromatic carbocycles. The van der Waals surface area contributed by atoms with Gasteiger partial charge in [0.1, 0.15) is 0 Å². The van der Waals surface area contributed by atoms with Crippen LogP contribution in [0.3, 0.4) is 0 Å². The number of pyridine rings is 1. The Morgan fingerprint density at radius 3 is 2.88 bits per heavy atom. The highest BCUT2D eigenvalue weighted by Gasteiger charge is 2.08. The van der Waals surface area contributed by atoms with E-state index in [1.807, 2.05) is 47.3 Å². The summed E-state index contributed by atoms with van der Waals surface area (Å²) in [4.78, 5) is 4.36. The Morgan fingerprint density at radius 1 is 1.12 bits per heavy atom. The molecule has 0 saturated carbocycles. The fraction of sp³-hybridized carbons (Fsp3) is 0.0769. The van der Waals surface area contributed by atoms with Crippen molar-refractivity contribution < 1.29 is 0 Å². The van der Waals surface area contributed by atoms with Gasteiger partial charge in [-0.1, -0.05) is 24.3 Å². The largest absolute Gasteiger partial charge is 0.237 e. The predicted molar refractivity (Wildman–Crippen MR) is 68.4 cm³/mol. The second-order valence-corrected chi connectivity index (χ2v) is 4.00. The Hall–Kier alpha value is -1.87. The third-order valence-corrected chi connectivity index (χ3v) is 2.98. The van der Waals surface area contributed by atoms with Gasteiger partial charge >= 0.3 is 0 Å². The van der Waals surface area contributed by atoms with Crippen LogP contribution in [0.25, 0.3) is 16.7 Å². The molecule has 0 saturated heterocycles.